The van der Waals surface area contributed by atoms with Gasteiger partial charge < -0.3 is 10.4 Å². The molecule has 0 aliphatic carbocycles. The fourth-order valence-electron chi connectivity index (χ4n) is 1.85. The number of halogens is 1. The lowest BCUT2D eigenvalue weighted by atomic mass is 10.1. The summed E-state index contributed by atoms with van der Waals surface area (Å²) in [5, 5.41) is 23.0. The Hall–Kier alpha value is -1.93. The first kappa shape index (κ1) is 15.5. The minimum atomic E-state index is -1.19. The lowest BCUT2D eigenvalue weighted by molar-refractivity contribution is -0.384. The van der Waals surface area contributed by atoms with Gasteiger partial charge in [-0.05, 0) is 40.5 Å². The van der Waals surface area contributed by atoms with Crippen LogP contribution in [-0.4, -0.2) is 22.5 Å². The number of rotatable bonds is 6. The molecule has 0 saturated carbocycles. The molecule has 21 heavy (non-hydrogen) atoms. The molecule has 8 heteroatoms. The molecule has 0 bridgehead atoms. The van der Waals surface area contributed by atoms with E-state index >= 15 is 0 Å². The van der Waals surface area contributed by atoms with Crippen molar-refractivity contribution < 1.29 is 14.8 Å². The fraction of sp³-hybridized carbons (Fsp3) is 0.154. The van der Waals surface area contributed by atoms with Gasteiger partial charge in [-0.1, -0.05) is 6.07 Å². The van der Waals surface area contributed by atoms with E-state index in [1.165, 1.54) is 18.2 Å². The van der Waals surface area contributed by atoms with Crippen molar-refractivity contribution in [2.45, 2.75) is 6.42 Å². The average molecular weight is 371 g/mol. The number of hydrogen-bond acceptors (Lipinski definition) is 5. The van der Waals surface area contributed by atoms with Crippen LogP contribution in [0, 0.1) is 10.1 Å². The van der Waals surface area contributed by atoms with Crippen molar-refractivity contribution in [3.05, 3.63) is 54.7 Å². The molecule has 0 amide bonds. The lowest BCUT2D eigenvalue weighted by Gasteiger charge is -2.09. The number of nitrogens with zero attached hydrogens (tertiary/aromatic N) is 1. The van der Waals surface area contributed by atoms with Crippen LogP contribution < -0.4 is 5.32 Å². The first-order valence-electron chi connectivity index (χ1n) is 5.98. The summed E-state index contributed by atoms with van der Waals surface area (Å²) in [6.45, 7) is 0.415. The molecule has 2 N–H and O–H groups in total. The molecular formula is C13H11BrN2O4S. The molecule has 0 aliphatic heterocycles. The molecule has 1 aromatic carbocycles. The van der Waals surface area contributed by atoms with Crippen molar-refractivity contribution in [2.75, 3.05) is 11.9 Å². The van der Waals surface area contributed by atoms with Crippen LogP contribution in [0.3, 0.4) is 0 Å². The van der Waals surface area contributed by atoms with Gasteiger partial charge in [0.25, 0.3) is 5.69 Å². The number of carbonyl (C=O) groups is 1. The zero-order chi connectivity index (χ0) is 15.4. The van der Waals surface area contributed by atoms with Crippen LogP contribution in [0.1, 0.15) is 15.2 Å². The van der Waals surface area contributed by atoms with Gasteiger partial charge in [0.05, 0.1) is 14.3 Å². The van der Waals surface area contributed by atoms with Crippen molar-refractivity contribution in [3.8, 4) is 0 Å². The Morgan fingerprint density at radius 1 is 1.38 bits per heavy atom. The first-order valence-corrected chi connectivity index (χ1v) is 7.59. The predicted octanol–water partition coefficient (Wildman–Crippen LogP) is 3.77. The number of anilines is 1. The van der Waals surface area contributed by atoms with Gasteiger partial charge in [-0.3, -0.25) is 10.1 Å². The highest BCUT2D eigenvalue weighted by atomic mass is 79.9. The van der Waals surface area contributed by atoms with Gasteiger partial charge in [-0.25, -0.2) is 4.79 Å². The van der Waals surface area contributed by atoms with Crippen LogP contribution in [-0.2, 0) is 6.42 Å². The van der Waals surface area contributed by atoms with Gasteiger partial charge in [0.15, 0.2) is 0 Å². The Morgan fingerprint density at radius 2 is 2.14 bits per heavy atom. The van der Waals surface area contributed by atoms with Crippen molar-refractivity contribution in [3.63, 3.8) is 0 Å². The third kappa shape index (κ3) is 3.79. The Kier molecular flexibility index (Phi) is 4.92. The summed E-state index contributed by atoms with van der Waals surface area (Å²) in [5.74, 6) is -1.19. The van der Waals surface area contributed by atoms with Crippen molar-refractivity contribution >= 4 is 44.6 Å². The topological polar surface area (TPSA) is 92.5 Å². The molecule has 1 aromatic heterocycles. The van der Waals surface area contributed by atoms with Crippen LogP contribution in [0.4, 0.5) is 11.4 Å². The average Bonchev–Trinajstić information content (AvgIpc) is 2.84. The van der Waals surface area contributed by atoms with Gasteiger partial charge in [0.2, 0.25) is 0 Å². The second kappa shape index (κ2) is 6.68. The van der Waals surface area contributed by atoms with E-state index in [9.17, 15) is 14.9 Å². The Balaban J connectivity index is 2.17. The molecule has 2 aromatic rings. The second-order valence-electron chi connectivity index (χ2n) is 4.14. The van der Waals surface area contributed by atoms with E-state index in [-0.39, 0.29) is 16.9 Å². The SMILES string of the molecule is O=C(O)c1cccc([N+](=O)[O-])c1NCCc1ccc(Br)s1. The van der Waals surface area contributed by atoms with Crippen LogP contribution in [0.2, 0.25) is 0 Å². The molecule has 6 nitrogen and oxygen atoms in total. The van der Waals surface area contributed by atoms with E-state index < -0.39 is 10.9 Å². The van der Waals surface area contributed by atoms with Crippen molar-refractivity contribution in [2.24, 2.45) is 0 Å². The fourth-order valence-corrected chi connectivity index (χ4v) is 3.34. The number of para-hydroxylation sites is 1. The monoisotopic (exact) mass is 370 g/mol. The van der Waals surface area contributed by atoms with Crippen LogP contribution in [0.15, 0.2) is 34.1 Å². The zero-order valence-electron chi connectivity index (χ0n) is 10.7. The highest BCUT2D eigenvalue weighted by Gasteiger charge is 2.20. The molecule has 0 spiro atoms. The third-order valence-corrected chi connectivity index (χ3v) is 4.46. The van der Waals surface area contributed by atoms with Gasteiger partial charge in [-0.2, -0.15) is 0 Å². The summed E-state index contributed by atoms with van der Waals surface area (Å²) in [4.78, 5) is 22.7. The number of benzene rings is 1. The minimum absolute atomic E-state index is 0.0469. The summed E-state index contributed by atoms with van der Waals surface area (Å²) in [6.07, 6.45) is 0.654. The molecule has 0 unspecified atom stereocenters. The van der Waals surface area contributed by atoms with Crippen LogP contribution >= 0.6 is 27.3 Å². The van der Waals surface area contributed by atoms with E-state index in [0.717, 1.165) is 8.66 Å². The largest absolute Gasteiger partial charge is 0.478 e. The highest BCUT2D eigenvalue weighted by molar-refractivity contribution is 9.11. The van der Waals surface area contributed by atoms with Crippen molar-refractivity contribution in [1.82, 2.24) is 0 Å². The van der Waals surface area contributed by atoms with E-state index in [2.05, 4.69) is 21.2 Å². The minimum Gasteiger partial charge on any atom is -0.478 e. The first-order chi connectivity index (χ1) is 9.99. The maximum atomic E-state index is 11.2. The molecule has 0 aliphatic rings. The molecule has 1 heterocycles. The predicted molar refractivity (Wildman–Crippen MR) is 84.3 cm³/mol. The quantitative estimate of drug-likeness (QED) is 0.596. The Bertz CT molecular complexity index is 654. The summed E-state index contributed by atoms with van der Waals surface area (Å²) in [7, 11) is 0. The second-order valence-corrected chi connectivity index (χ2v) is 6.69. The summed E-state index contributed by atoms with van der Waals surface area (Å²) in [6, 6.07) is 7.88. The van der Waals surface area contributed by atoms with Gasteiger partial charge >= 0.3 is 5.97 Å². The van der Waals surface area contributed by atoms with Crippen molar-refractivity contribution in [1.29, 1.82) is 0 Å². The standard InChI is InChI=1S/C13H11BrN2O4S/c14-11-5-4-8(21-11)6-7-15-12-9(13(17)18)2-1-3-10(12)16(19)20/h1-5,15H,6-7H2,(H,17,18). The number of thiophene rings is 1. The Morgan fingerprint density at radius 3 is 2.71 bits per heavy atom. The molecule has 2 rings (SSSR count). The van der Waals surface area contributed by atoms with Crippen LogP contribution in [0.5, 0.6) is 0 Å². The number of nitro benzene ring substituents is 1. The number of carboxylic acid groups (broad SMARTS) is 1. The maximum Gasteiger partial charge on any atom is 0.338 e. The van der Waals surface area contributed by atoms with E-state index in [1.54, 1.807) is 11.3 Å². The number of aromatic carboxylic acids is 1. The summed E-state index contributed by atoms with van der Waals surface area (Å²) in [5.41, 5.74) is -0.288. The summed E-state index contributed by atoms with van der Waals surface area (Å²) >= 11 is 4.93. The molecule has 110 valence electrons. The van der Waals surface area contributed by atoms with Gasteiger partial charge in [0, 0.05) is 17.5 Å². The van der Waals surface area contributed by atoms with E-state index in [4.69, 9.17) is 5.11 Å². The lowest BCUT2D eigenvalue weighted by Crippen LogP contribution is -2.11. The molecule has 0 saturated heterocycles. The zero-order valence-corrected chi connectivity index (χ0v) is 13.1. The van der Waals surface area contributed by atoms with Gasteiger partial charge in [-0.15, -0.1) is 11.3 Å². The smallest absolute Gasteiger partial charge is 0.338 e. The van der Waals surface area contributed by atoms with Crippen LogP contribution in [0.25, 0.3) is 0 Å². The Labute approximate surface area is 132 Å². The molecule has 0 radical (unpaired) electrons. The third-order valence-electron chi connectivity index (χ3n) is 2.77. The number of nitro groups is 1. The number of hydrogen-bond donors (Lipinski definition) is 2. The van der Waals surface area contributed by atoms with E-state index in [0.29, 0.717) is 13.0 Å². The maximum absolute atomic E-state index is 11.2. The molecule has 0 fully saturated rings. The molecular weight excluding hydrogens is 360 g/mol. The highest BCUT2D eigenvalue weighted by Crippen LogP contribution is 2.29. The number of carboxylic acids is 1. The number of nitrogens with one attached hydrogen (secondary N) is 1. The normalized spacial score (nSPS) is 10.3. The van der Waals surface area contributed by atoms with E-state index in [1.807, 2.05) is 12.1 Å². The van der Waals surface area contributed by atoms with Gasteiger partial charge in [0.1, 0.15) is 5.69 Å². The molecule has 0 atom stereocenters. The summed E-state index contributed by atoms with van der Waals surface area (Å²) < 4.78 is 1.01.